The first-order chi connectivity index (χ1) is 11.4. The Labute approximate surface area is 136 Å². The summed E-state index contributed by atoms with van der Waals surface area (Å²) in [5.74, 6) is 0. The Morgan fingerprint density at radius 1 is 1.29 bits per heavy atom. The molecule has 3 rings (SSSR count). The van der Waals surface area contributed by atoms with Crippen molar-refractivity contribution < 1.29 is 14.9 Å². The van der Waals surface area contributed by atoms with E-state index in [1.54, 1.807) is 13.1 Å². The summed E-state index contributed by atoms with van der Waals surface area (Å²) in [4.78, 5) is 26.2. The number of aryl methyl sites for hydroxylation is 1. The number of hydrogen-bond donors (Lipinski definition) is 3. The number of aromatic amines is 1. The van der Waals surface area contributed by atoms with Crippen LogP contribution in [0.2, 0.25) is 0 Å². The highest BCUT2D eigenvalue weighted by atomic mass is 16.6. The summed E-state index contributed by atoms with van der Waals surface area (Å²) in [5.41, 5.74) is -0.230. The van der Waals surface area contributed by atoms with Crippen molar-refractivity contribution in [2.45, 2.75) is 51.4 Å². The minimum absolute atomic E-state index is 0.115. The first-order valence-electron chi connectivity index (χ1n) is 7.65. The molecule has 0 radical (unpaired) electrons. The molecule has 1 fully saturated rings. The van der Waals surface area contributed by atoms with Gasteiger partial charge in [0.05, 0.1) is 23.9 Å². The summed E-state index contributed by atoms with van der Waals surface area (Å²) in [7, 11) is 0. The molecule has 10 nitrogen and oxygen atoms in total. The fraction of sp³-hybridized carbons (Fsp3) is 0.571. The maximum absolute atomic E-state index is 12.0. The molecular weight excluding hydrogens is 318 g/mol. The number of nitrogens with one attached hydrogen (secondary N) is 1. The largest absolute Gasteiger partial charge is 0.388 e. The second-order valence-electron chi connectivity index (χ2n) is 5.79. The normalized spacial score (nSPS) is 26.8. The summed E-state index contributed by atoms with van der Waals surface area (Å²) in [6.45, 7) is 3.64. The lowest BCUT2D eigenvalue weighted by Crippen LogP contribution is -2.39. The molecule has 0 amide bonds. The van der Waals surface area contributed by atoms with Crippen LogP contribution in [0.25, 0.3) is 0 Å². The number of H-pyrrole nitrogens is 1. The lowest BCUT2D eigenvalue weighted by molar-refractivity contribution is -0.0352. The highest BCUT2D eigenvalue weighted by Crippen LogP contribution is 2.27. The van der Waals surface area contributed by atoms with Gasteiger partial charge in [0.15, 0.2) is 6.23 Å². The third kappa shape index (κ3) is 2.90. The van der Waals surface area contributed by atoms with E-state index >= 15 is 0 Å². The van der Waals surface area contributed by atoms with Gasteiger partial charge in [-0.15, -0.1) is 5.10 Å². The van der Waals surface area contributed by atoms with Crippen LogP contribution in [0.1, 0.15) is 31.3 Å². The van der Waals surface area contributed by atoms with Crippen LogP contribution in [0.15, 0.2) is 22.0 Å². The second-order valence-corrected chi connectivity index (χ2v) is 5.79. The van der Waals surface area contributed by atoms with Gasteiger partial charge in [0.25, 0.3) is 5.56 Å². The molecule has 0 spiro atoms. The molecule has 1 aliphatic heterocycles. The van der Waals surface area contributed by atoms with Gasteiger partial charge in [-0.3, -0.25) is 14.3 Å². The molecule has 0 saturated carbocycles. The molecule has 1 unspecified atom stereocenters. The molecule has 0 aliphatic carbocycles. The molecule has 2 aromatic heterocycles. The van der Waals surface area contributed by atoms with Crippen molar-refractivity contribution >= 4 is 0 Å². The van der Waals surface area contributed by atoms with Crippen LogP contribution in [-0.2, 0) is 17.7 Å². The minimum Gasteiger partial charge on any atom is -0.388 e. The molecule has 24 heavy (non-hydrogen) atoms. The minimum atomic E-state index is -1.27. The molecule has 0 aromatic carbocycles. The predicted molar refractivity (Wildman–Crippen MR) is 81.4 cm³/mol. The molecule has 3 heterocycles. The van der Waals surface area contributed by atoms with Gasteiger partial charge in [-0.1, -0.05) is 12.1 Å². The Morgan fingerprint density at radius 3 is 2.62 bits per heavy atom. The van der Waals surface area contributed by atoms with Gasteiger partial charge >= 0.3 is 5.69 Å². The van der Waals surface area contributed by atoms with Crippen LogP contribution >= 0.6 is 0 Å². The van der Waals surface area contributed by atoms with E-state index < -0.39 is 35.8 Å². The SMILES string of the molecule is CCc1cn(Cc2cn([C@@H]3O[C@H](C)C(O)[C@@H]3O)c(=O)[nH]c2=O)nn1. The number of aliphatic hydroxyl groups is 2. The number of nitrogens with zero attached hydrogens (tertiary/aromatic N) is 4. The molecule has 10 heteroatoms. The van der Waals surface area contributed by atoms with Crippen LogP contribution in [-0.4, -0.2) is 53.1 Å². The highest BCUT2D eigenvalue weighted by Gasteiger charge is 2.41. The fourth-order valence-electron chi connectivity index (χ4n) is 2.64. The van der Waals surface area contributed by atoms with E-state index in [1.165, 1.54) is 10.9 Å². The first kappa shape index (κ1) is 16.6. The summed E-state index contributed by atoms with van der Waals surface area (Å²) in [6, 6.07) is 0. The van der Waals surface area contributed by atoms with E-state index in [0.717, 1.165) is 10.3 Å². The third-order valence-corrected chi connectivity index (χ3v) is 4.07. The molecule has 4 atom stereocenters. The van der Waals surface area contributed by atoms with Gasteiger partial charge in [-0.25, -0.2) is 9.48 Å². The number of ether oxygens (including phenoxy) is 1. The van der Waals surface area contributed by atoms with E-state index in [-0.39, 0.29) is 12.1 Å². The Hall–Kier alpha value is -2.30. The van der Waals surface area contributed by atoms with Crippen LogP contribution in [0.4, 0.5) is 0 Å². The number of aliphatic hydroxyl groups excluding tert-OH is 2. The van der Waals surface area contributed by atoms with Crippen LogP contribution < -0.4 is 11.2 Å². The number of hydrogen-bond acceptors (Lipinski definition) is 7. The molecule has 1 aliphatic rings. The van der Waals surface area contributed by atoms with Gasteiger partial charge in [-0.05, 0) is 13.3 Å². The first-order valence-corrected chi connectivity index (χ1v) is 7.65. The number of rotatable bonds is 4. The smallest absolute Gasteiger partial charge is 0.330 e. The summed E-state index contributed by atoms with van der Waals surface area (Å²) < 4.78 is 7.99. The molecule has 1 saturated heterocycles. The van der Waals surface area contributed by atoms with Crippen molar-refractivity contribution in [1.82, 2.24) is 24.5 Å². The van der Waals surface area contributed by atoms with Crippen molar-refractivity contribution in [3.05, 3.63) is 44.5 Å². The average molecular weight is 337 g/mol. The van der Waals surface area contributed by atoms with Gasteiger partial charge in [0.2, 0.25) is 0 Å². The summed E-state index contributed by atoms with van der Waals surface area (Å²) in [6.07, 6.45) is -0.341. The monoisotopic (exact) mass is 337 g/mol. The van der Waals surface area contributed by atoms with Gasteiger partial charge < -0.3 is 14.9 Å². The Morgan fingerprint density at radius 2 is 2.04 bits per heavy atom. The zero-order chi connectivity index (χ0) is 17.4. The summed E-state index contributed by atoms with van der Waals surface area (Å²) >= 11 is 0. The lowest BCUT2D eigenvalue weighted by Gasteiger charge is -2.17. The molecule has 3 N–H and O–H groups in total. The summed E-state index contributed by atoms with van der Waals surface area (Å²) in [5, 5.41) is 27.7. The zero-order valence-electron chi connectivity index (χ0n) is 13.3. The zero-order valence-corrected chi connectivity index (χ0v) is 13.3. The van der Waals surface area contributed by atoms with Crippen molar-refractivity contribution in [3.8, 4) is 0 Å². The second kappa shape index (κ2) is 6.30. The number of aromatic nitrogens is 5. The van der Waals surface area contributed by atoms with Crippen molar-refractivity contribution in [2.24, 2.45) is 0 Å². The van der Waals surface area contributed by atoms with Crippen molar-refractivity contribution in [3.63, 3.8) is 0 Å². The standard InChI is InChI=1S/C14H19N5O5/c1-3-9-6-18(17-16-9)4-8-5-19(14(23)15-12(8)22)13-11(21)10(20)7(2)24-13/h5-7,10-11,13,20-21H,3-4H2,1-2H3,(H,15,22,23)/t7-,10?,11+,13-/m1/s1. The highest BCUT2D eigenvalue weighted by molar-refractivity contribution is 5.07. The van der Waals surface area contributed by atoms with E-state index in [9.17, 15) is 19.8 Å². The lowest BCUT2D eigenvalue weighted by atomic mass is 10.1. The van der Waals surface area contributed by atoms with Crippen LogP contribution in [0.3, 0.4) is 0 Å². The Kier molecular flexibility index (Phi) is 4.35. The maximum atomic E-state index is 12.0. The van der Waals surface area contributed by atoms with E-state index in [4.69, 9.17) is 4.74 Å². The van der Waals surface area contributed by atoms with Crippen LogP contribution in [0, 0.1) is 0 Å². The molecule has 130 valence electrons. The van der Waals surface area contributed by atoms with Gasteiger partial charge in [-0.2, -0.15) is 0 Å². The van der Waals surface area contributed by atoms with Gasteiger partial charge in [0.1, 0.15) is 12.2 Å². The maximum Gasteiger partial charge on any atom is 0.330 e. The van der Waals surface area contributed by atoms with Crippen molar-refractivity contribution in [2.75, 3.05) is 0 Å². The quantitative estimate of drug-likeness (QED) is 0.610. The van der Waals surface area contributed by atoms with E-state index in [1.807, 2.05) is 6.92 Å². The predicted octanol–water partition coefficient (Wildman–Crippen LogP) is -1.62. The third-order valence-electron chi connectivity index (χ3n) is 4.07. The average Bonchev–Trinajstić information content (AvgIpc) is 3.10. The fourth-order valence-corrected chi connectivity index (χ4v) is 2.64. The molecule has 0 bridgehead atoms. The van der Waals surface area contributed by atoms with Crippen molar-refractivity contribution in [1.29, 1.82) is 0 Å². The molecule has 2 aromatic rings. The van der Waals surface area contributed by atoms with E-state index in [0.29, 0.717) is 6.42 Å². The van der Waals surface area contributed by atoms with E-state index in [2.05, 4.69) is 15.3 Å². The van der Waals surface area contributed by atoms with Gasteiger partial charge in [0, 0.05) is 12.4 Å². The Bertz CT molecular complexity index is 841. The molecular formula is C14H19N5O5. The topological polar surface area (TPSA) is 135 Å². The van der Waals surface area contributed by atoms with Crippen LogP contribution in [0.5, 0.6) is 0 Å². The Balaban J connectivity index is 1.94.